The Kier molecular flexibility index (Phi) is 6.11. The number of alkyl carbamates (subject to hydrolysis) is 2. The second kappa shape index (κ2) is 8.28. The topological polar surface area (TPSA) is 108 Å². The van der Waals surface area contributed by atoms with Crippen LogP contribution >= 0.6 is 0 Å². The van der Waals surface area contributed by atoms with Crippen molar-refractivity contribution >= 4 is 17.9 Å². The molecule has 0 aliphatic rings. The van der Waals surface area contributed by atoms with Gasteiger partial charge in [0.05, 0.1) is 5.69 Å². The standard InChI is InChI=1S/C18H24N4O4/c1-11-14(9-25-17(23)20-2)15(10-26-18(24)21-3)16(22(11)4)12-5-7-13(19)8-6-12/h5-8H,9-10,19H2,1-4H3,(H,20,23)(H,21,24). The smallest absolute Gasteiger partial charge is 0.407 e. The van der Waals surface area contributed by atoms with Crippen LogP contribution in [0.4, 0.5) is 15.3 Å². The molecule has 0 unspecified atom stereocenters. The molecule has 0 radical (unpaired) electrons. The maximum atomic E-state index is 11.5. The molecule has 2 amide bonds. The normalized spacial score (nSPS) is 10.3. The Hall–Kier alpha value is -3.16. The Morgan fingerprint density at radius 3 is 2.00 bits per heavy atom. The van der Waals surface area contributed by atoms with E-state index in [0.717, 1.165) is 28.1 Å². The Labute approximate surface area is 152 Å². The number of carbonyl (C=O) groups excluding carboxylic acids is 2. The average molecular weight is 360 g/mol. The van der Waals surface area contributed by atoms with Crippen molar-refractivity contribution in [2.24, 2.45) is 7.05 Å². The molecule has 2 rings (SSSR count). The van der Waals surface area contributed by atoms with E-state index < -0.39 is 12.2 Å². The molecule has 1 aromatic carbocycles. The van der Waals surface area contributed by atoms with Gasteiger partial charge in [-0.15, -0.1) is 0 Å². The van der Waals surface area contributed by atoms with Crippen LogP contribution in [-0.2, 0) is 29.7 Å². The fourth-order valence-electron chi connectivity index (χ4n) is 2.71. The number of hydrogen-bond donors (Lipinski definition) is 3. The number of aromatic nitrogens is 1. The second-order valence-corrected chi connectivity index (χ2v) is 5.72. The Morgan fingerprint density at radius 1 is 1.00 bits per heavy atom. The first-order valence-electron chi connectivity index (χ1n) is 8.11. The SMILES string of the molecule is CNC(=O)OCc1c(COC(=O)NC)c(-c2ccc(N)cc2)n(C)c1C. The maximum Gasteiger partial charge on any atom is 0.407 e. The minimum absolute atomic E-state index is 0.0491. The monoisotopic (exact) mass is 360 g/mol. The van der Waals surface area contributed by atoms with Gasteiger partial charge in [-0.3, -0.25) is 0 Å². The molecule has 1 heterocycles. The number of nitrogens with zero attached hydrogens (tertiary/aromatic N) is 1. The van der Waals surface area contributed by atoms with Crippen LogP contribution in [0.2, 0.25) is 0 Å². The molecule has 1 aromatic heterocycles. The summed E-state index contributed by atoms with van der Waals surface area (Å²) in [6, 6.07) is 7.41. The van der Waals surface area contributed by atoms with E-state index in [1.54, 1.807) is 0 Å². The largest absolute Gasteiger partial charge is 0.445 e. The van der Waals surface area contributed by atoms with Crippen LogP contribution in [0, 0.1) is 6.92 Å². The molecule has 4 N–H and O–H groups in total. The van der Waals surface area contributed by atoms with E-state index in [-0.39, 0.29) is 13.2 Å². The van der Waals surface area contributed by atoms with Gasteiger partial charge in [-0.25, -0.2) is 9.59 Å². The molecule has 8 nitrogen and oxygen atoms in total. The Balaban J connectivity index is 2.48. The van der Waals surface area contributed by atoms with E-state index in [1.165, 1.54) is 14.1 Å². The number of benzene rings is 1. The van der Waals surface area contributed by atoms with Crippen LogP contribution in [0.25, 0.3) is 11.3 Å². The lowest BCUT2D eigenvalue weighted by Gasteiger charge is -2.11. The lowest BCUT2D eigenvalue weighted by molar-refractivity contribution is 0.134. The zero-order valence-electron chi connectivity index (χ0n) is 15.4. The minimum atomic E-state index is -0.534. The maximum absolute atomic E-state index is 11.5. The highest BCUT2D eigenvalue weighted by Gasteiger charge is 2.22. The summed E-state index contributed by atoms with van der Waals surface area (Å²) in [5.41, 5.74) is 10.7. The summed E-state index contributed by atoms with van der Waals surface area (Å²) < 4.78 is 12.5. The Bertz CT molecular complexity index is 797. The van der Waals surface area contributed by atoms with Crippen molar-refractivity contribution in [3.05, 3.63) is 41.1 Å². The van der Waals surface area contributed by atoms with Gasteiger partial charge in [-0.05, 0) is 24.6 Å². The molecule has 0 aliphatic carbocycles. The Morgan fingerprint density at radius 2 is 1.50 bits per heavy atom. The summed E-state index contributed by atoms with van der Waals surface area (Å²) in [4.78, 5) is 23.0. The lowest BCUT2D eigenvalue weighted by Crippen LogP contribution is -2.20. The summed E-state index contributed by atoms with van der Waals surface area (Å²) >= 11 is 0. The lowest BCUT2D eigenvalue weighted by atomic mass is 10.0. The van der Waals surface area contributed by atoms with E-state index in [0.29, 0.717) is 5.69 Å². The molecule has 0 spiro atoms. The van der Waals surface area contributed by atoms with E-state index in [1.807, 2.05) is 42.8 Å². The number of hydrogen-bond acceptors (Lipinski definition) is 5. The molecule has 0 saturated carbocycles. The number of ether oxygens (including phenoxy) is 2. The highest BCUT2D eigenvalue weighted by molar-refractivity contribution is 5.71. The van der Waals surface area contributed by atoms with E-state index >= 15 is 0 Å². The van der Waals surface area contributed by atoms with E-state index in [4.69, 9.17) is 15.2 Å². The van der Waals surface area contributed by atoms with Gasteiger partial charge in [-0.1, -0.05) is 12.1 Å². The fourth-order valence-corrected chi connectivity index (χ4v) is 2.71. The molecule has 140 valence electrons. The quantitative estimate of drug-likeness (QED) is 0.709. The van der Waals surface area contributed by atoms with Crippen molar-refractivity contribution in [2.75, 3.05) is 19.8 Å². The van der Waals surface area contributed by atoms with Crippen LogP contribution in [-0.4, -0.2) is 30.8 Å². The molecule has 0 bridgehead atoms. The summed E-state index contributed by atoms with van der Waals surface area (Å²) in [6.07, 6.45) is -1.06. The number of rotatable bonds is 5. The summed E-state index contributed by atoms with van der Waals surface area (Å²) in [6.45, 7) is 2.04. The van der Waals surface area contributed by atoms with Gasteiger partial charge < -0.3 is 30.4 Å². The fraction of sp³-hybridized carbons (Fsp3) is 0.333. The van der Waals surface area contributed by atoms with Gasteiger partial charge in [0.1, 0.15) is 13.2 Å². The second-order valence-electron chi connectivity index (χ2n) is 5.72. The first-order valence-corrected chi connectivity index (χ1v) is 8.11. The van der Waals surface area contributed by atoms with Crippen LogP contribution in [0.1, 0.15) is 16.8 Å². The van der Waals surface area contributed by atoms with Crippen LogP contribution < -0.4 is 16.4 Å². The number of nitrogen functional groups attached to an aromatic ring is 1. The predicted octanol–water partition coefficient (Wildman–Crippen LogP) is 2.29. The van der Waals surface area contributed by atoms with Crippen molar-refractivity contribution in [1.82, 2.24) is 15.2 Å². The molecule has 0 fully saturated rings. The highest BCUT2D eigenvalue weighted by Crippen LogP contribution is 2.32. The van der Waals surface area contributed by atoms with Gasteiger partial charge in [0.15, 0.2) is 0 Å². The molecule has 0 saturated heterocycles. The predicted molar refractivity (Wildman–Crippen MR) is 98.5 cm³/mol. The van der Waals surface area contributed by atoms with Crippen LogP contribution in [0.3, 0.4) is 0 Å². The summed E-state index contributed by atoms with van der Waals surface area (Å²) in [7, 11) is 4.90. The molecule has 0 atom stereocenters. The third-order valence-electron chi connectivity index (χ3n) is 4.21. The summed E-state index contributed by atoms with van der Waals surface area (Å²) in [5, 5.41) is 4.84. The molecular weight excluding hydrogens is 336 g/mol. The van der Waals surface area contributed by atoms with Gasteiger partial charge in [0.2, 0.25) is 0 Å². The van der Waals surface area contributed by atoms with Gasteiger partial charge in [-0.2, -0.15) is 0 Å². The van der Waals surface area contributed by atoms with Crippen molar-refractivity contribution in [3.8, 4) is 11.3 Å². The molecule has 2 aromatic rings. The number of nitrogens with one attached hydrogen (secondary N) is 2. The zero-order valence-corrected chi connectivity index (χ0v) is 15.4. The number of carbonyl (C=O) groups is 2. The van der Waals surface area contributed by atoms with Crippen molar-refractivity contribution < 1.29 is 19.1 Å². The van der Waals surface area contributed by atoms with E-state index in [2.05, 4.69) is 10.6 Å². The highest BCUT2D eigenvalue weighted by atomic mass is 16.6. The summed E-state index contributed by atoms with van der Waals surface area (Å²) in [5.74, 6) is 0. The number of amides is 2. The minimum Gasteiger partial charge on any atom is -0.445 e. The van der Waals surface area contributed by atoms with Gasteiger partial charge in [0.25, 0.3) is 0 Å². The molecule has 0 aliphatic heterocycles. The molecule has 8 heteroatoms. The van der Waals surface area contributed by atoms with Crippen molar-refractivity contribution in [2.45, 2.75) is 20.1 Å². The number of anilines is 1. The number of nitrogens with two attached hydrogens (primary N) is 1. The average Bonchev–Trinajstić information content (AvgIpc) is 2.88. The van der Waals surface area contributed by atoms with Crippen LogP contribution in [0.15, 0.2) is 24.3 Å². The van der Waals surface area contributed by atoms with Crippen LogP contribution in [0.5, 0.6) is 0 Å². The van der Waals surface area contributed by atoms with Crippen molar-refractivity contribution in [1.29, 1.82) is 0 Å². The molecular formula is C18H24N4O4. The molecule has 26 heavy (non-hydrogen) atoms. The van der Waals surface area contributed by atoms with Crippen molar-refractivity contribution in [3.63, 3.8) is 0 Å². The third-order valence-corrected chi connectivity index (χ3v) is 4.21. The first-order chi connectivity index (χ1) is 12.4. The first kappa shape index (κ1) is 19.2. The van der Waals surface area contributed by atoms with E-state index in [9.17, 15) is 9.59 Å². The van der Waals surface area contributed by atoms with Gasteiger partial charge in [0, 0.05) is 43.7 Å². The third kappa shape index (κ3) is 4.08. The zero-order chi connectivity index (χ0) is 19.3. The van der Waals surface area contributed by atoms with Gasteiger partial charge >= 0.3 is 12.2 Å².